The number of aromatic nitrogens is 5. The smallest absolute Gasteiger partial charge is 0.246 e. The predicted molar refractivity (Wildman–Crippen MR) is 137 cm³/mol. The van der Waals surface area contributed by atoms with Crippen LogP contribution >= 0.6 is 0 Å². The van der Waals surface area contributed by atoms with Crippen LogP contribution in [0.1, 0.15) is 28.8 Å². The third kappa shape index (κ3) is 5.36. The van der Waals surface area contributed by atoms with Crippen molar-refractivity contribution in [2.75, 3.05) is 32.1 Å². The van der Waals surface area contributed by atoms with E-state index in [-0.39, 0.29) is 18.3 Å². The molecule has 2 N–H and O–H groups in total. The Morgan fingerprint density at radius 2 is 1.97 bits per heavy atom. The molecule has 10 nitrogen and oxygen atoms in total. The van der Waals surface area contributed by atoms with E-state index in [0.29, 0.717) is 36.8 Å². The summed E-state index contributed by atoms with van der Waals surface area (Å²) >= 11 is 0. The lowest BCUT2D eigenvalue weighted by molar-refractivity contribution is -0.124. The predicted octanol–water partition coefficient (Wildman–Crippen LogP) is 2.90. The second-order valence-corrected chi connectivity index (χ2v) is 8.48. The van der Waals surface area contributed by atoms with Gasteiger partial charge in [0.05, 0.1) is 17.1 Å². The van der Waals surface area contributed by atoms with E-state index in [0.717, 1.165) is 33.6 Å². The van der Waals surface area contributed by atoms with Crippen LogP contribution in [0.4, 0.5) is 10.3 Å². The number of hydrogen-bond donors (Lipinski definition) is 2. The molecule has 0 aliphatic carbocycles. The van der Waals surface area contributed by atoms with Crippen LogP contribution in [0.15, 0.2) is 60.1 Å². The molecule has 37 heavy (non-hydrogen) atoms. The number of halogens is 1. The van der Waals surface area contributed by atoms with Crippen LogP contribution in [-0.2, 0) is 9.53 Å². The lowest BCUT2D eigenvalue weighted by Crippen LogP contribution is -2.31. The molecule has 0 saturated carbocycles. The van der Waals surface area contributed by atoms with Gasteiger partial charge >= 0.3 is 0 Å². The average Bonchev–Trinajstić information content (AvgIpc) is 3.56. The molecule has 0 unspecified atom stereocenters. The maximum Gasteiger partial charge on any atom is 0.246 e. The summed E-state index contributed by atoms with van der Waals surface area (Å²) in [6.07, 6.45) is 5.66. The minimum Gasteiger partial charge on any atom is -0.375 e. The van der Waals surface area contributed by atoms with Gasteiger partial charge in [-0.3, -0.25) is 4.79 Å². The molecule has 1 aliphatic rings. The normalized spacial score (nSPS) is 13.2. The standard InChI is InChI=1S/C26H25FN8O2/c1-16-11-18(13-35-25(16)31-15-32-35)20-12-22(17-3-5-19(27)6-4-17)33-24(20)21-7-8-29-26(34-21)30-10-9-28-23(36)14-37-2/h3-8,11,13,15H,9-10,12,14H2,1-2H3,(H,28,36)(H,29,30,34). The number of carbonyl (C=O) groups is 1. The van der Waals surface area contributed by atoms with Crippen molar-refractivity contribution < 1.29 is 13.9 Å². The lowest BCUT2D eigenvalue weighted by atomic mass is 9.97. The fourth-order valence-electron chi connectivity index (χ4n) is 4.15. The van der Waals surface area contributed by atoms with Crippen molar-refractivity contribution in [3.05, 3.63) is 83.3 Å². The second-order valence-electron chi connectivity index (χ2n) is 8.48. The van der Waals surface area contributed by atoms with Crippen molar-refractivity contribution in [3.63, 3.8) is 0 Å². The number of allylic oxidation sites excluding steroid dienone is 1. The molecule has 1 aliphatic heterocycles. The Kier molecular flexibility index (Phi) is 6.95. The number of anilines is 1. The summed E-state index contributed by atoms with van der Waals surface area (Å²) in [5, 5.41) is 10.2. The molecule has 1 aromatic carbocycles. The van der Waals surface area contributed by atoms with Gasteiger partial charge in [0.2, 0.25) is 11.9 Å². The van der Waals surface area contributed by atoms with Gasteiger partial charge in [0.15, 0.2) is 5.65 Å². The van der Waals surface area contributed by atoms with E-state index in [2.05, 4.69) is 36.8 Å². The van der Waals surface area contributed by atoms with Crippen molar-refractivity contribution in [1.82, 2.24) is 29.9 Å². The van der Waals surface area contributed by atoms with E-state index in [9.17, 15) is 9.18 Å². The van der Waals surface area contributed by atoms with Gasteiger partial charge in [-0.15, -0.1) is 0 Å². The largest absolute Gasteiger partial charge is 0.375 e. The molecule has 0 bridgehead atoms. The Morgan fingerprint density at radius 3 is 2.78 bits per heavy atom. The third-order valence-corrected chi connectivity index (χ3v) is 5.87. The monoisotopic (exact) mass is 500 g/mol. The molecule has 0 atom stereocenters. The zero-order valence-corrected chi connectivity index (χ0v) is 20.4. The maximum atomic E-state index is 13.6. The lowest BCUT2D eigenvalue weighted by Gasteiger charge is -2.10. The fraction of sp³-hybridized carbons (Fsp3) is 0.231. The van der Waals surface area contributed by atoms with Gasteiger partial charge < -0.3 is 15.4 Å². The van der Waals surface area contributed by atoms with Crippen molar-refractivity contribution in [1.29, 1.82) is 0 Å². The molecule has 0 saturated heterocycles. The summed E-state index contributed by atoms with van der Waals surface area (Å²) in [6.45, 7) is 2.84. The summed E-state index contributed by atoms with van der Waals surface area (Å²) in [6, 6.07) is 10.2. The van der Waals surface area contributed by atoms with E-state index in [1.54, 1.807) is 28.9 Å². The van der Waals surface area contributed by atoms with Crippen LogP contribution in [-0.4, -0.2) is 63.0 Å². The number of hydrogen-bond acceptors (Lipinski definition) is 8. The Bertz CT molecular complexity index is 1510. The molecule has 1 amide bonds. The third-order valence-electron chi connectivity index (χ3n) is 5.87. The molecule has 0 fully saturated rings. The Labute approximate surface area is 212 Å². The van der Waals surface area contributed by atoms with Crippen LogP contribution in [0.25, 0.3) is 16.9 Å². The van der Waals surface area contributed by atoms with E-state index in [1.807, 2.05) is 13.1 Å². The highest BCUT2D eigenvalue weighted by Crippen LogP contribution is 2.37. The van der Waals surface area contributed by atoms with Gasteiger partial charge in [0.25, 0.3) is 0 Å². The molecular weight excluding hydrogens is 475 g/mol. The molecule has 11 heteroatoms. The molecular formula is C26H25FN8O2. The quantitative estimate of drug-likeness (QED) is 0.339. The van der Waals surface area contributed by atoms with Crippen molar-refractivity contribution >= 4 is 34.5 Å². The summed E-state index contributed by atoms with van der Waals surface area (Å²) in [4.78, 5) is 29.8. The topological polar surface area (TPSA) is 119 Å². The number of methoxy groups -OCH3 is 1. The highest BCUT2D eigenvalue weighted by atomic mass is 19.1. The van der Waals surface area contributed by atoms with Crippen molar-refractivity contribution in [3.8, 4) is 0 Å². The number of benzene rings is 1. The van der Waals surface area contributed by atoms with E-state index >= 15 is 0 Å². The first-order valence-electron chi connectivity index (χ1n) is 11.7. The molecule has 4 heterocycles. The highest BCUT2D eigenvalue weighted by Gasteiger charge is 2.24. The zero-order chi connectivity index (χ0) is 25.8. The van der Waals surface area contributed by atoms with Gasteiger partial charge in [-0.05, 0) is 53.5 Å². The summed E-state index contributed by atoms with van der Waals surface area (Å²) in [5.74, 6) is -0.0753. The van der Waals surface area contributed by atoms with Crippen molar-refractivity contribution in [2.45, 2.75) is 13.3 Å². The van der Waals surface area contributed by atoms with Gasteiger partial charge in [-0.2, -0.15) is 5.10 Å². The zero-order valence-electron chi connectivity index (χ0n) is 20.4. The van der Waals surface area contributed by atoms with Gasteiger partial charge in [-0.1, -0.05) is 12.1 Å². The molecule has 0 spiro atoms. The minimum atomic E-state index is -0.298. The van der Waals surface area contributed by atoms with Crippen LogP contribution in [0.5, 0.6) is 0 Å². The number of rotatable bonds is 9. The summed E-state index contributed by atoms with van der Waals surface area (Å²) in [5.41, 5.74) is 6.69. The number of aryl methyl sites for hydroxylation is 1. The molecule has 5 rings (SSSR count). The van der Waals surface area contributed by atoms with E-state index in [4.69, 9.17) is 9.73 Å². The van der Waals surface area contributed by atoms with Gasteiger partial charge in [0, 0.05) is 39.0 Å². The van der Waals surface area contributed by atoms with Crippen LogP contribution in [0, 0.1) is 12.7 Å². The van der Waals surface area contributed by atoms with Gasteiger partial charge in [0.1, 0.15) is 18.8 Å². The Morgan fingerprint density at radius 1 is 1.14 bits per heavy atom. The average molecular weight is 501 g/mol. The number of amides is 1. The number of nitrogens with one attached hydrogen (secondary N) is 2. The number of carbonyl (C=O) groups excluding carboxylic acids is 1. The van der Waals surface area contributed by atoms with E-state index < -0.39 is 0 Å². The van der Waals surface area contributed by atoms with Crippen LogP contribution < -0.4 is 10.6 Å². The number of fused-ring (bicyclic) bond motifs is 1. The molecule has 0 radical (unpaired) electrons. The minimum absolute atomic E-state index is 0.0111. The molecule has 3 aromatic heterocycles. The van der Waals surface area contributed by atoms with E-state index in [1.165, 1.54) is 25.6 Å². The molecule has 188 valence electrons. The van der Waals surface area contributed by atoms with Crippen LogP contribution in [0.3, 0.4) is 0 Å². The fourth-order valence-corrected chi connectivity index (χ4v) is 4.15. The second kappa shape index (κ2) is 10.6. The van der Waals surface area contributed by atoms with Crippen molar-refractivity contribution in [2.24, 2.45) is 4.99 Å². The first-order valence-corrected chi connectivity index (χ1v) is 11.7. The first kappa shape index (κ1) is 24.2. The van der Waals surface area contributed by atoms with Crippen LogP contribution in [0.2, 0.25) is 0 Å². The summed E-state index contributed by atoms with van der Waals surface area (Å²) < 4.78 is 20.1. The number of ether oxygens (including phenoxy) is 1. The number of nitrogens with zero attached hydrogens (tertiary/aromatic N) is 6. The molecule has 4 aromatic rings. The Balaban J connectivity index is 1.46. The number of aliphatic imine (C=N–C) groups is 1. The summed E-state index contributed by atoms with van der Waals surface area (Å²) in [7, 11) is 1.47. The highest BCUT2D eigenvalue weighted by molar-refractivity contribution is 6.16. The first-order chi connectivity index (χ1) is 18.0. The number of pyridine rings is 1. The SMILES string of the molecule is COCC(=O)NCCNc1nccc(C2=C(c3cc(C)c4ncnn4c3)CC(c3ccc(F)cc3)=N2)n1. The maximum absolute atomic E-state index is 13.6. The Hall–Kier alpha value is -4.51. The van der Waals surface area contributed by atoms with Gasteiger partial charge in [-0.25, -0.2) is 28.9 Å².